The van der Waals surface area contributed by atoms with E-state index in [1.807, 2.05) is 6.07 Å². The Bertz CT molecular complexity index is 753. The zero-order valence-corrected chi connectivity index (χ0v) is 12.7. The van der Waals surface area contributed by atoms with Gasteiger partial charge in [-0.2, -0.15) is 5.26 Å². The van der Waals surface area contributed by atoms with E-state index in [0.29, 0.717) is 11.1 Å². The molecule has 1 saturated heterocycles. The molecule has 1 aliphatic rings. The minimum atomic E-state index is -1.51. The molecule has 0 bridgehead atoms. The standard InChI is InChI=1S/C16H18N2O6/c17-5-4-8-6-18-9-2-1-3-10(12(8)9)23-16-15(22)14(21)13(20)11(7-19)24-16/h1-3,6,11,13-16,18-22H,4,7H2. The Labute approximate surface area is 137 Å². The largest absolute Gasteiger partial charge is 0.461 e. The highest BCUT2D eigenvalue weighted by Gasteiger charge is 2.44. The molecule has 1 fully saturated rings. The number of ether oxygens (including phenoxy) is 2. The molecule has 1 aromatic heterocycles. The van der Waals surface area contributed by atoms with Crippen molar-refractivity contribution < 1.29 is 29.9 Å². The second-order valence-corrected chi connectivity index (χ2v) is 5.64. The van der Waals surface area contributed by atoms with Crippen molar-refractivity contribution in [2.45, 2.75) is 37.1 Å². The first-order valence-corrected chi connectivity index (χ1v) is 7.50. The smallest absolute Gasteiger partial charge is 0.229 e. The molecule has 1 aliphatic heterocycles. The number of fused-ring (bicyclic) bond motifs is 1. The van der Waals surface area contributed by atoms with Crippen molar-refractivity contribution >= 4 is 10.9 Å². The number of nitrogens with one attached hydrogen (secondary N) is 1. The van der Waals surface area contributed by atoms with Crippen LogP contribution in [0.4, 0.5) is 0 Å². The van der Waals surface area contributed by atoms with Crippen molar-refractivity contribution in [2.75, 3.05) is 6.61 Å². The van der Waals surface area contributed by atoms with Crippen LogP contribution in [-0.2, 0) is 11.2 Å². The summed E-state index contributed by atoms with van der Waals surface area (Å²) in [6.07, 6.45) is -4.87. The quantitative estimate of drug-likeness (QED) is 0.504. The van der Waals surface area contributed by atoms with Gasteiger partial charge in [-0.3, -0.25) is 0 Å². The Balaban J connectivity index is 1.92. The molecule has 1 aromatic carbocycles. The van der Waals surface area contributed by atoms with Gasteiger partial charge in [0, 0.05) is 17.1 Å². The number of nitrogens with zero attached hydrogens (tertiary/aromatic N) is 1. The molecular formula is C16H18N2O6. The van der Waals surface area contributed by atoms with Gasteiger partial charge in [0.1, 0.15) is 30.2 Å². The predicted octanol–water partition coefficient (Wildman–Crippen LogP) is -0.587. The summed E-state index contributed by atoms with van der Waals surface area (Å²) in [5.41, 5.74) is 1.48. The Morgan fingerprint density at radius 1 is 1.21 bits per heavy atom. The minimum absolute atomic E-state index is 0.176. The summed E-state index contributed by atoms with van der Waals surface area (Å²) in [4.78, 5) is 3.03. The number of nitriles is 1. The Morgan fingerprint density at radius 3 is 2.71 bits per heavy atom. The van der Waals surface area contributed by atoms with Crippen molar-refractivity contribution in [2.24, 2.45) is 0 Å². The van der Waals surface area contributed by atoms with Crippen LogP contribution >= 0.6 is 0 Å². The first-order chi connectivity index (χ1) is 11.6. The van der Waals surface area contributed by atoms with Crippen LogP contribution in [0.25, 0.3) is 10.9 Å². The van der Waals surface area contributed by atoms with Gasteiger partial charge in [-0.15, -0.1) is 0 Å². The molecule has 8 heteroatoms. The number of aromatic nitrogens is 1. The lowest BCUT2D eigenvalue weighted by Crippen LogP contribution is -2.60. The number of hydrogen-bond donors (Lipinski definition) is 5. The summed E-state index contributed by atoms with van der Waals surface area (Å²) in [7, 11) is 0. The Hall–Kier alpha value is -2.15. The highest BCUT2D eigenvalue weighted by Crippen LogP contribution is 2.32. The average Bonchev–Trinajstić information content (AvgIpc) is 3.00. The molecule has 128 valence electrons. The van der Waals surface area contributed by atoms with Crippen LogP contribution in [-0.4, -0.2) is 62.7 Å². The van der Waals surface area contributed by atoms with Gasteiger partial charge in [0.15, 0.2) is 0 Å². The van der Waals surface area contributed by atoms with E-state index in [4.69, 9.17) is 14.7 Å². The highest BCUT2D eigenvalue weighted by molar-refractivity contribution is 5.89. The van der Waals surface area contributed by atoms with E-state index in [1.54, 1.807) is 18.3 Å². The van der Waals surface area contributed by atoms with Crippen LogP contribution in [0.2, 0.25) is 0 Å². The van der Waals surface area contributed by atoms with E-state index in [9.17, 15) is 20.4 Å². The maximum Gasteiger partial charge on any atom is 0.229 e. The number of H-pyrrole nitrogens is 1. The first-order valence-electron chi connectivity index (χ1n) is 7.50. The Kier molecular flexibility index (Phi) is 4.71. The fourth-order valence-electron chi connectivity index (χ4n) is 2.83. The molecule has 5 atom stereocenters. The number of hydrogen-bond acceptors (Lipinski definition) is 7. The van der Waals surface area contributed by atoms with Crippen molar-refractivity contribution in [1.29, 1.82) is 5.26 Å². The molecule has 24 heavy (non-hydrogen) atoms. The molecule has 0 spiro atoms. The summed E-state index contributed by atoms with van der Waals surface area (Å²) in [5.74, 6) is 0.364. The second kappa shape index (κ2) is 6.76. The fraction of sp³-hybridized carbons (Fsp3) is 0.438. The maximum absolute atomic E-state index is 10.1. The summed E-state index contributed by atoms with van der Waals surface area (Å²) in [6, 6.07) is 7.27. The molecule has 0 amide bonds. The topological polar surface area (TPSA) is 139 Å². The number of benzene rings is 1. The Morgan fingerprint density at radius 2 is 2.00 bits per heavy atom. The van der Waals surface area contributed by atoms with E-state index in [0.717, 1.165) is 11.1 Å². The third kappa shape index (κ3) is 2.84. The van der Waals surface area contributed by atoms with E-state index in [2.05, 4.69) is 11.1 Å². The van der Waals surface area contributed by atoms with Crippen LogP contribution in [0.15, 0.2) is 24.4 Å². The maximum atomic E-state index is 10.1. The zero-order chi connectivity index (χ0) is 17.3. The fourth-order valence-corrected chi connectivity index (χ4v) is 2.83. The van der Waals surface area contributed by atoms with E-state index in [1.165, 1.54) is 0 Å². The average molecular weight is 334 g/mol. The van der Waals surface area contributed by atoms with Crippen LogP contribution < -0.4 is 4.74 Å². The first kappa shape index (κ1) is 16.7. The van der Waals surface area contributed by atoms with Crippen LogP contribution in [0.3, 0.4) is 0 Å². The third-order valence-electron chi connectivity index (χ3n) is 4.11. The lowest BCUT2D eigenvalue weighted by molar-refractivity contribution is -0.277. The van der Waals surface area contributed by atoms with Crippen molar-refractivity contribution in [1.82, 2.24) is 4.98 Å². The summed E-state index contributed by atoms with van der Waals surface area (Å²) < 4.78 is 11.0. The molecule has 3 rings (SSSR count). The summed E-state index contributed by atoms with van der Waals surface area (Å²) in [6.45, 7) is -0.529. The molecule has 8 nitrogen and oxygen atoms in total. The highest BCUT2D eigenvalue weighted by atomic mass is 16.7. The lowest BCUT2D eigenvalue weighted by atomic mass is 9.99. The minimum Gasteiger partial charge on any atom is -0.461 e. The third-order valence-corrected chi connectivity index (χ3v) is 4.11. The zero-order valence-electron chi connectivity index (χ0n) is 12.7. The van der Waals surface area contributed by atoms with Crippen LogP contribution in [0, 0.1) is 11.3 Å². The molecule has 0 radical (unpaired) electrons. The number of aliphatic hydroxyl groups excluding tert-OH is 4. The van der Waals surface area contributed by atoms with Gasteiger partial charge in [-0.1, -0.05) is 6.07 Å². The molecule has 0 saturated carbocycles. The molecular weight excluding hydrogens is 316 g/mol. The number of rotatable bonds is 4. The van der Waals surface area contributed by atoms with Crippen molar-refractivity contribution in [3.8, 4) is 11.8 Å². The lowest BCUT2D eigenvalue weighted by Gasteiger charge is -2.39. The van der Waals surface area contributed by atoms with Gasteiger partial charge >= 0.3 is 0 Å². The van der Waals surface area contributed by atoms with Gasteiger partial charge in [-0.25, -0.2) is 0 Å². The second-order valence-electron chi connectivity index (χ2n) is 5.64. The predicted molar refractivity (Wildman–Crippen MR) is 82.0 cm³/mol. The van der Waals surface area contributed by atoms with Gasteiger partial charge in [0.25, 0.3) is 0 Å². The molecule has 2 heterocycles. The van der Waals surface area contributed by atoms with Crippen molar-refractivity contribution in [3.05, 3.63) is 30.0 Å². The monoisotopic (exact) mass is 334 g/mol. The van der Waals surface area contributed by atoms with Gasteiger partial charge in [0.2, 0.25) is 6.29 Å². The van der Waals surface area contributed by atoms with Gasteiger partial charge < -0.3 is 34.9 Å². The number of aromatic amines is 1. The van der Waals surface area contributed by atoms with Gasteiger partial charge in [-0.05, 0) is 17.7 Å². The van der Waals surface area contributed by atoms with Crippen LogP contribution in [0.5, 0.6) is 5.75 Å². The van der Waals surface area contributed by atoms with Crippen molar-refractivity contribution in [3.63, 3.8) is 0 Å². The summed E-state index contributed by atoms with van der Waals surface area (Å²) in [5, 5.41) is 48.5. The molecule has 0 aliphatic carbocycles. The molecule has 5 unspecified atom stereocenters. The van der Waals surface area contributed by atoms with E-state index in [-0.39, 0.29) is 6.42 Å². The summed E-state index contributed by atoms with van der Waals surface area (Å²) >= 11 is 0. The normalized spacial score (nSPS) is 30.2. The SMILES string of the molecule is N#CCc1c[nH]c2cccc(OC3OC(CO)C(O)C(O)C3O)c12. The van der Waals surface area contributed by atoms with E-state index < -0.39 is 37.3 Å². The van der Waals surface area contributed by atoms with E-state index >= 15 is 0 Å². The molecule has 5 N–H and O–H groups in total. The van der Waals surface area contributed by atoms with Gasteiger partial charge in [0.05, 0.1) is 19.1 Å². The number of aliphatic hydroxyl groups is 4. The molecule has 2 aromatic rings. The van der Waals surface area contributed by atoms with Crippen LogP contribution in [0.1, 0.15) is 5.56 Å².